The van der Waals surface area contributed by atoms with Crippen LogP contribution < -0.4 is 0 Å². The summed E-state index contributed by atoms with van der Waals surface area (Å²) in [6.45, 7) is 16.5. The van der Waals surface area contributed by atoms with Crippen LogP contribution in [0, 0.1) is 20.8 Å². The van der Waals surface area contributed by atoms with Gasteiger partial charge in [0.05, 0.1) is 0 Å². The van der Waals surface area contributed by atoms with Crippen molar-refractivity contribution in [3.63, 3.8) is 0 Å². The van der Waals surface area contributed by atoms with Crippen LogP contribution in [-0.4, -0.2) is 5.48 Å². The summed E-state index contributed by atoms with van der Waals surface area (Å²) in [5.41, 5.74) is 0. The molecule has 0 aromatic carbocycles. The zero-order chi connectivity index (χ0) is 8.12. The maximum Gasteiger partial charge on any atom is 4.00 e. The van der Waals surface area contributed by atoms with E-state index >= 15 is 0 Å². The van der Waals surface area contributed by atoms with Crippen molar-refractivity contribution >= 4 is 0 Å². The van der Waals surface area contributed by atoms with Gasteiger partial charge in [-0.3, -0.25) is 0 Å². The van der Waals surface area contributed by atoms with Gasteiger partial charge in [-0.25, -0.2) is 0 Å². The van der Waals surface area contributed by atoms with Crippen molar-refractivity contribution in [3.05, 3.63) is 20.8 Å². The Labute approximate surface area is 92.1 Å². The van der Waals surface area contributed by atoms with Crippen LogP contribution in [0.15, 0.2) is 0 Å². The topological polar surface area (TPSA) is 30.0 Å². The van der Waals surface area contributed by atoms with Crippen molar-refractivity contribution < 1.29 is 31.3 Å². The third kappa shape index (κ3) is 1230. The van der Waals surface area contributed by atoms with Crippen LogP contribution in [0.2, 0.25) is 0 Å². The molecule has 0 heterocycles. The van der Waals surface area contributed by atoms with Gasteiger partial charge in [-0.2, -0.15) is 19.3 Å². The SMILES string of the molecule is [CH2-]CC.[CH2-]CC.[CH2-]CC.[Hf+4].[OH-]. The molecule has 0 spiro atoms. The fraction of sp³-hybridized carbons (Fsp3) is 0.667. The molecule has 1 N–H and O–H groups in total. The smallest absolute Gasteiger partial charge is 0.870 e. The van der Waals surface area contributed by atoms with Crippen LogP contribution in [-0.2, 0) is 25.8 Å². The molecule has 2 heteroatoms. The molecule has 11 heavy (non-hydrogen) atoms. The first-order chi connectivity index (χ1) is 4.24. The minimum atomic E-state index is 0. The number of hydrogen-bond donors (Lipinski definition) is 0. The Kier molecular flexibility index (Phi) is 193. The molecule has 0 aliphatic rings. The normalized spacial score (nSPS) is 4.91. The molecule has 0 bridgehead atoms. The van der Waals surface area contributed by atoms with Crippen LogP contribution in [0.4, 0.5) is 0 Å². The minimum absolute atomic E-state index is 0. The summed E-state index contributed by atoms with van der Waals surface area (Å²) in [6, 6.07) is 0. The Balaban J connectivity index is -0.0000000150. The molecule has 0 fully saturated rings. The van der Waals surface area contributed by atoms with Gasteiger partial charge in [0.15, 0.2) is 0 Å². The van der Waals surface area contributed by atoms with Gasteiger partial charge in [-0.1, -0.05) is 20.8 Å². The van der Waals surface area contributed by atoms with E-state index in [0.717, 1.165) is 19.3 Å². The molecule has 0 saturated heterocycles. The van der Waals surface area contributed by atoms with E-state index in [4.69, 9.17) is 0 Å². The van der Waals surface area contributed by atoms with Crippen LogP contribution in [0.1, 0.15) is 40.0 Å². The van der Waals surface area contributed by atoms with E-state index in [1.54, 1.807) is 0 Å². The van der Waals surface area contributed by atoms with E-state index in [2.05, 4.69) is 20.8 Å². The van der Waals surface area contributed by atoms with Gasteiger partial charge < -0.3 is 26.2 Å². The van der Waals surface area contributed by atoms with E-state index < -0.39 is 0 Å². The molecule has 0 aromatic heterocycles. The van der Waals surface area contributed by atoms with E-state index in [9.17, 15) is 0 Å². The molecule has 0 atom stereocenters. The molecular formula is C9H22HfO. The van der Waals surface area contributed by atoms with Gasteiger partial charge in [0, 0.05) is 0 Å². The monoisotopic (exact) mass is 326 g/mol. The molecule has 0 rings (SSSR count). The van der Waals surface area contributed by atoms with Crippen molar-refractivity contribution in [2.24, 2.45) is 0 Å². The van der Waals surface area contributed by atoms with Gasteiger partial charge in [0.1, 0.15) is 0 Å². The minimum Gasteiger partial charge on any atom is -0.870 e. The first-order valence-electron chi connectivity index (χ1n) is 3.62. The van der Waals surface area contributed by atoms with Gasteiger partial charge in [-0.05, 0) is 0 Å². The quantitative estimate of drug-likeness (QED) is 0.495. The maximum atomic E-state index is 3.49. The van der Waals surface area contributed by atoms with E-state index in [1.165, 1.54) is 0 Å². The van der Waals surface area contributed by atoms with Gasteiger partial charge in [0.25, 0.3) is 0 Å². The Morgan fingerprint density at radius 3 is 0.727 bits per heavy atom. The first kappa shape index (κ1) is 29.7. The summed E-state index contributed by atoms with van der Waals surface area (Å²) in [6.07, 6.45) is 3.00. The standard InChI is InChI=1S/3C3H7.Hf.H2O/c3*1-3-2;;/h3*1,3H2,2H3;;1H2/q3*-1;+4;/p-1. The summed E-state index contributed by atoms with van der Waals surface area (Å²) >= 11 is 0. The first-order valence-corrected chi connectivity index (χ1v) is 3.62. The van der Waals surface area contributed by atoms with Gasteiger partial charge in [-0.15, -0.1) is 0 Å². The molecule has 0 aromatic rings. The molecule has 0 aliphatic heterocycles. The average molecular weight is 325 g/mol. The van der Waals surface area contributed by atoms with Crippen LogP contribution in [0.3, 0.4) is 0 Å². The van der Waals surface area contributed by atoms with Gasteiger partial charge >= 0.3 is 25.8 Å². The summed E-state index contributed by atoms with van der Waals surface area (Å²) in [7, 11) is 0. The van der Waals surface area contributed by atoms with Gasteiger partial charge in [0.2, 0.25) is 0 Å². The summed E-state index contributed by atoms with van der Waals surface area (Å²) < 4.78 is 0. The van der Waals surface area contributed by atoms with Crippen LogP contribution in [0.5, 0.6) is 0 Å². The van der Waals surface area contributed by atoms with Crippen molar-refractivity contribution in [2.45, 2.75) is 40.0 Å². The summed E-state index contributed by atoms with van der Waals surface area (Å²) in [5.74, 6) is 0. The number of hydrogen-bond acceptors (Lipinski definition) is 1. The second-order valence-electron chi connectivity index (χ2n) is 1.50. The fourth-order valence-electron chi connectivity index (χ4n) is 0. The third-order valence-corrected chi connectivity index (χ3v) is 0. The zero-order valence-electron chi connectivity index (χ0n) is 8.19. The molecular weight excluding hydrogens is 303 g/mol. The molecule has 0 saturated carbocycles. The average Bonchev–Trinajstić information content (AvgIpc) is 1.70. The van der Waals surface area contributed by atoms with Crippen LogP contribution in [0.25, 0.3) is 0 Å². The third-order valence-electron chi connectivity index (χ3n) is 0. The molecule has 1 nitrogen and oxygen atoms in total. The largest absolute Gasteiger partial charge is 4.00 e. The summed E-state index contributed by atoms with van der Waals surface area (Å²) in [4.78, 5) is 0. The van der Waals surface area contributed by atoms with Crippen molar-refractivity contribution in [3.8, 4) is 0 Å². The van der Waals surface area contributed by atoms with Crippen LogP contribution >= 0.6 is 0 Å². The van der Waals surface area contributed by atoms with E-state index in [-0.39, 0.29) is 31.3 Å². The Bertz CT molecular complexity index is 14.3. The van der Waals surface area contributed by atoms with Crippen molar-refractivity contribution in [2.75, 3.05) is 0 Å². The zero-order valence-corrected chi connectivity index (χ0v) is 11.8. The molecule has 0 radical (unpaired) electrons. The second kappa shape index (κ2) is 71.3. The molecule has 0 amide bonds. The predicted molar refractivity (Wildman–Crippen MR) is 48.9 cm³/mol. The molecule has 0 aliphatic carbocycles. The Hall–Kier alpha value is 0.830. The van der Waals surface area contributed by atoms with E-state index in [0.29, 0.717) is 0 Å². The molecule has 68 valence electrons. The second-order valence-corrected chi connectivity index (χ2v) is 1.50. The van der Waals surface area contributed by atoms with Crippen molar-refractivity contribution in [1.29, 1.82) is 0 Å². The fourth-order valence-corrected chi connectivity index (χ4v) is 0. The Morgan fingerprint density at radius 1 is 0.727 bits per heavy atom. The predicted octanol–water partition coefficient (Wildman–Crippen LogP) is 3.51. The maximum absolute atomic E-state index is 3.49. The van der Waals surface area contributed by atoms with Crippen molar-refractivity contribution in [1.82, 2.24) is 0 Å². The summed E-state index contributed by atoms with van der Waals surface area (Å²) in [5, 5.41) is 0. The number of rotatable bonds is 0. The Morgan fingerprint density at radius 2 is 0.727 bits per heavy atom. The molecule has 0 unspecified atom stereocenters. The van der Waals surface area contributed by atoms with E-state index in [1.807, 2.05) is 20.8 Å².